The number of methoxy groups -OCH3 is 1. The van der Waals surface area contributed by atoms with Gasteiger partial charge in [-0.1, -0.05) is 54.6 Å². The fourth-order valence-corrected chi connectivity index (χ4v) is 3.81. The van der Waals surface area contributed by atoms with E-state index in [-0.39, 0.29) is 5.78 Å². The summed E-state index contributed by atoms with van der Waals surface area (Å²) in [4.78, 5) is 13.0. The molecule has 0 fully saturated rings. The van der Waals surface area contributed by atoms with Crippen molar-refractivity contribution < 1.29 is 9.53 Å². The van der Waals surface area contributed by atoms with Crippen LogP contribution in [0.15, 0.2) is 78.9 Å². The molecule has 2 heteroatoms. The van der Waals surface area contributed by atoms with Crippen LogP contribution in [-0.2, 0) is 0 Å². The minimum absolute atomic E-state index is 0.0949. The zero-order valence-electron chi connectivity index (χ0n) is 14.3. The quantitative estimate of drug-likeness (QED) is 0.412. The summed E-state index contributed by atoms with van der Waals surface area (Å²) in [5.74, 6) is 0.894. The molecule has 0 saturated carbocycles. The molecule has 0 saturated heterocycles. The Hall–Kier alpha value is -3.39. The normalized spacial score (nSPS) is 12.1. The van der Waals surface area contributed by atoms with E-state index in [1.54, 1.807) is 7.11 Å². The van der Waals surface area contributed by atoms with Gasteiger partial charge in [0, 0.05) is 16.7 Å². The smallest absolute Gasteiger partial charge is 0.194 e. The van der Waals surface area contributed by atoms with Gasteiger partial charge in [-0.3, -0.25) is 4.79 Å². The van der Waals surface area contributed by atoms with Gasteiger partial charge in [-0.2, -0.15) is 0 Å². The van der Waals surface area contributed by atoms with Crippen molar-refractivity contribution in [2.45, 2.75) is 0 Å². The molecule has 5 rings (SSSR count). The number of ketones is 1. The first-order valence-corrected chi connectivity index (χ1v) is 8.61. The van der Waals surface area contributed by atoms with Gasteiger partial charge in [-0.05, 0) is 51.7 Å². The van der Waals surface area contributed by atoms with Crippen LogP contribution in [0.4, 0.5) is 0 Å². The van der Waals surface area contributed by atoms with Crippen molar-refractivity contribution in [1.82, 2.24) is 0 Å². The molecule has 0 radical (unpaired) electrons. The monoisotopic (exact) mass is 336 g/mol. The number of rotatable bonds is 2. The topological polar surface area (TPSA) is 26.3 Å². The minimum Gasteiger partial charge on any atom is -0.497 e. The van der Waals surface area contributed by atoms with E-state index in [2.05, 4.69) is 24.3 Å². The van der Waals surface area contributed by atoms with Gasteiger partial charge in [0.1, 0.15) is 5.75 Å². The molecule has 0 heterocycles. The molecule has 2 nitrogen and oxygen atoms in total. The Kier molecular flexibility index (Phi) is 3.19. The molecule has 26 heavy (non-hydrogen) atoms. The molecule has 0 aliphatic heterocycles. The Labute approximate surface area is 151 Å². The van der Waals surface area contributed by atoms with Crippen molar-refractivity contribution in [3.05, 3.63) is 90.0 Å². The number of ether oxygens (including phenoxy) is 1. The third-order valence-electron chi connectivity index (χ3n) is 5.11. The van der Waals surface area contributed by atoms with Gasteiger partial charge >= 0.3 is 0 Å². The highest BCUT2D eigenvalue weighted by Crippen LogP contribution is 2.43. The maximum Gasteiger partial charge on any atom is 0.194 e. The number of hydrogen-bond acceptors (Lipinski definition) is 2. The molecule has 0 amide bonds. The molecule has 0 spiro atoms. The van der Waals surface area contributed by atoms with Gasteiger partial charge in [0.2, 0.25) is 0 Å². The molecular weight excluding hydrogens is 320 g/mol. The number of fused-ring (bicyclic) bond motifs is 5. The van der Waals surface area contributed by atoms with E-state index in [1.165, 1.54) is 0 Å². The van der Waals surface area contributed by atoms with Crippen LogP contribution in [0.5, 0.6) is 5.75 Å². The van der Waals surface area contributed by atoms with Crippen LogP contribution in [-0.4, -0.2) is 12.9 Å². The van der Waals surface area contributed by atoms with Crippen molar-refractivity contribution in [2.75, 3.05) is 7.11 Å². The Morgan fingerprint density at radius 3 is 2.27 bits per heavy atom. The first-order valence-electron chi connectivity index (χ1n) is 8.61. The van der Waals surface area contributed by atoms with Gasteiger partial charge in [0.05, 0.1) is 7.11 Å². The van der Waals surface area contributed by atoms with Crippen LogP contribution in [0, 0.1) is 0 Å². The standard InChI is InChI=1S/C24H16O2/c1-26-18-10-7-16-8-12-20-23(21(16)14-18)19-11-9-17(13-22(19)24(20)25)15-5-3-2-4-6-15/h2-14H,1H3. The average Bonchev–Trinajstić information content (AvgIpc) is 3.00. The molecule has 0 aromatic heterocycles. The summed E-state index contributed by atoms with van der Waals surface area (Å²) in [7, 11) is 1.66. The lowest BCUT2D eigenvalue weighted by atomic mass is 9.96. The molecule has 0 N–H and O–H groups in total. The minimum atomic E-state index is 0.0949. The molecule has 0 unspecified atom stereocenters. The lowest BCUT2D eigenvalue weighted by Gasteiger charge is -2.09. The molecule has 0 atom stereocenters. The number of benzene rings is 4. The van der Waals surface area contributed by atoms with Crippen molar-refractivity contribution in [3.63, 3.8) is 0 Å². The predicted molar refractivity (Wildman–Crippen MR) is 105 cm³/mol. The molecule has 1 aliphatic rings. The summed E-state index contributed by atoms with van der Waals surface area (Å²) >= 11 is 0. The highest BCUT2D eigenvalue weighted by molar-refractivity contribution is 6.26. The second-order valence-corrected chi connectivity index (χ2v) is 6.53. The summed E-state index contributed by atoms with van der Waals surface area (Å²) in [6.07, 6.45) is 0. The summed E-state index contributed by atoms with van der Waals surface area (Å²) in [5.41, 5.74) is 5.74. The second-order valence-electron chi connectivity index (χ2n) is 6.53. The number of hydrogen-bond donors (Lipinski definition) is 0. The van der Waals surface area contributed by atoms with E-state index in [4.69, 9.17) is 4.74 Å². The van der Waals surface area contributed by atoms with Crippen LogP contribution in [0.25, 0.3) is 33.0 Å². The average molecular weight is 336 g/mol. The Morgan fingerprint density at radius 1 is 0.692 bits per heavy atom. The first kappa shape index (κ1) is 14.9. The lowest BCUT2D eigenvalue weighted by Crippen LogP contribution is -1.95. The second kappa shape index (κ2) is 5.57. The SMILES string of the molecule is COc1ccc2ccc3c(c2c1)-c1ccc(-c2ccccc2)cc1C3=O. The van der Waals surface area contributed by atoms with Crippen molar-refractivity contribution in [2.24, 2.45) is 0 Å². The van der Waals surface area contributed by atoms with Gasteiger partial charge in [0.25, 0.3) is 0 Å². The Bertz CT molecular complexity index is 1170. The Balaban J connectivity index is 1.76. The van der Waals surface area contributed by atoms with Crippen LogP contribution < -0.4 is 4.74 Å². The largest absolute Gasteiger partial charge is 0.497 e. The lowest BCUT2D eigenvalue weighted by molar-refractivity contribution is 0.104. The van der Waals surface area contributed by atoms with E-state index in [0.29, 0.717) is 0 Å². The zero-order valence-corrected chi connectivity index (χ0v) is 14.3. The molecule has 4 aromatic rings. The van der Waals surface area contributed by atoms with Crippen LogP contribution in [0.1, 0.15) is 15.9 Å². The van der Waals surface area contributed by atoms with Crippen LogP contribution in [0.3, 0.4) is 0 Å². The van der Waals surface area contributed by atoms with Crippen molar-refractivity contribution >= 4 is 16.6 Å². The summed E-state index contributed by atoms with van der Waals surface area (Å²) < 4.78 is 5.39. The highest BCUT2D eigenvalue weighted by Gasteiger charge is 2.28. The molecule has 4 aromatic carbocycles. The third-order valence-corrected chi connectivity index (χ3v) is 5.11. The van der Waals surface area contributed by atoms with Crippen LogP contribution >= 0.6 is 0 Å². The molecular formula is C24H16O2. The van der Waals surface area contributed by atoms with Crippen molar-refractivity contribution in [3.8, 4) is 28.0 Å². The summed E-state index contributed by atoms with van der Waals surface area (Å²) in [5, 5.41) is 2.17. The van der Waals surface area contributed by atoms with E-state index in [9.17, 15) is 4.79 Å². The fraction of sp³-hybridized carbons (Fsp3) is 0.0417. The summed E-state index contributed by atoms with van der Waals surface area (Å²) in [6.45, 7) is 0. The van der Waals surface area contributed by atoms with Gasteiger partial charge < -0.3 is 4.74 Å². The fourth-order valence-electron chi connectivity index (χ4n) is 3.81. The van der Waals surface area contributed by atoms with Gasteiger partial charge in [-0.15, -0.1) is 0 Å². The molecule has 124 valence electrons. The zero-order chi connectivity index (χ0) is 17.7. The van der Waals surface area contributed by atoms with E-state index < -0.39 is 0 Å². The molecule has 0 bridgehead atoms. The van der Waals surface area contributed by atoms with Gasteiger partial charge in [-0.25, -0.2) is 0 Å². The Morgan fingerprint density at radius 2 is 1.46 bits per heavy atom. The molecule has 1 aliphatic carbocycles. The van der Waals surface area contributed by atoms with Gasteiger partial charge in [0.15, 0.2) is 5.78 Å². The maximum atomic E-state index is 13.0. The maximum absolute atomic E-state index is 13.0. The number of carbonyl (C=O) groups excluding carboxylic acids is 1. The van der Waals surface area contributed by atoms with E-state index >= 15 is 0 Å². The predicted octanol–water partition coefficient (Wildman–Crippen LogP) is 5.73. The summed E-state index contributed by atoms with van der Waals surface area (Å²) in [6, 6.07) is 26.3. The highest BCUT2D eigenvalue weighted by atomic mass is 16.5. The third kappa shape index (κ3) is 2.09. The van der Waals surface area contributed by atoms with E-state index in [1.807, 2.05) is 54.6 Å². The van der Waals surface area contributed by atoms with Crippen molar-refractivity contribution in [1.29, 1.82) is 0 Å². The van der Waals surface area contributed by atoms with E-state index in [0.717, 1.165) is 49.9 Å². The van der Waals surface area contributed by atoms with Crippen LogP contribution in [0.2, 0.25) is 0 Å². The first-order chi connectivity index (χ1) is 12.8. The number of carbonyl (C=O) groups is 1.